The molecule has 0 aromatic carbocycles. The first kappa shape index (κ1) is 26.7. The maximum Gasteiger partial charge on any atom is 0.217 e. The predicted molar refractivity (Wildman–Crippen MR) is 101 cm³/mol. The summed E-state index contributed by atoms with van der Waals surface area (Å²) in [7, 11) is 0.662. The molecule has 7 heteroatoms. The molecule has 0 aliphatic heterocycles. The lowest BCUT2D eigenvalue weighted by molar-refractivity contribution is -0.880. The molecule has 0 aliphatic carbocycles. The molecule has 0 heterocycles. The van der Waals surface area contributed by atoms with Gasteiger partial charge in [0.1, 0.15) is 6.54 Å². The average Bonchev–Trinajstić information content (AvgIpc) is 2.53. The standard InChI is InChI=1S/C17H36NO.CH4O4S/c1-5-7-8-9-10-11-12-13-14-15-17(19)16-18(3,4)6-2;1-5-6(2,3)4/h5-16H2,1-4H3;1H3,(H,2,3,4)/q+1;/p-1. The van der Waals surface area contributed by atoms with Gasteiger partial charge in [0.05, 0.1) is 27.7 Å². The molecule has 0 N–H and O–H groups in total. The van der Waals surface area contributed by atoms with Crippen molar-refractivity contribution in [3.63, 3.8) is 0 Å². The predicted octanol–water partition coefficient (Wildman–Crippen LogP) is 3.67. The van der Waals surface area contributed by atoms with Crippen LogP contribution in [0.3, 0.4) is 0 Å². The van der Waals surface area contributed by atoms with E-state index in [1.165, 1.54) is 51.4 Å². The number of nitrogens with zero attached hydrogens (tertiary/aromatic N) is 1. The molecule has 0 amide bonds. The first-order valence-electron chi connectivity index (χ1n) is 9.43. The van der Waals surface area contributed by atoms with Crippen LogP contribution in [0.2, 0.25) is 0 Å². The zero-order valence-corrected chi connectivity index (χ0v) is 17.7. The fraction of sp³-hybridized carbons (Fsp3) is 0.944. The molecule has 0 spiro atoms. The molecule has 0 saturated carbocycles. The molecular formula is C18H39NO5S. The van der Waals surface area contributed by atoms with Crippen LogP contribution >= 0.6 is 0 Å². The Hall–Kier alpha value is -0.500. The second kappa shape index (κ2) is 15.7. The topological polar surface area (TPSA) is 83.5 Å². The van der Waals surface area contributed by atoms with Gasteiger partial charge in [0.2, 0.25) is 10.4 Å². The second-order valence-electron chi connectivity index (χ2n) is 7.10. The van der Waals surface area contributed by atoms with Crippen LogP contribution in [0.25, 0.3) is 0 Å². The first-order chi connectivity index (χ1) is 11.6. The average molecular weight is 382 g/mol. The van der Waals surface area contributed by atoms with Gasteiger partial charge < -0.3 is 9.04 Å². The smallest absolute Gasteiger partial charge is 0.217 e. The van der Waals surface area contributed by atoms with E-state index in [9.17, 15) is 17.8 Å². The summed E-state index contributed by atoms with van der Waals surface area (Å²) in [5, 5.41) is 0. The molecule has 6 nitrogen and oxygen atoms in total. The van der Waals surface area contributed by atoms with Gasteiger partial charge in [-0.1, -0.05) is 58.3 Å². The third kappa shape index (κ3) is 23.5. The number of Topliss-reactive ketones (excluding diaryl/α,β-unsaturated/α-hetero) is 1. The molecular weight excluding hydrogens is 342 g/mol. The molecule has 0 rings (SSSR count). The van der Waals surface area contributed by atoms with Crippen LogP contribution in [0.5, 0.6) is 0 Å². The minimum atomic E-state index is -4.41. The summed E-state index contributed by atoms with van der Waals surface area (Å²) in [6, 6.07) is 0. The Labute approximate surface area is 155 Å². The molecule has 0 fully saturated rings. The molecule has 0 atom stereocenters. The zero-order valence-electron chi connectivity index (χ0n) is 16.9. The summed E-state index contributed by atoms with van der Waals surface area (Å²) in [6.07, 6.45) is 12.7. The van der Waals surface area contributed by atoms with Gasteiger partial charge in [-0.3, -0.25) is 8.98 Å². The number of hydrogen-bond acceptors (Lipinski definition) is 5. The van der Waals surface area contributed by atoms with Gasteiger partial charge in [-0.25, -0.2) is 8.42 Å². The van der Waals surface area contributed by atoms with Crippen molar-refractivity contribution in [3.8, 4) is 0 Å². The van der Waals surface area contributed by atoms with E-state index < -0.39 is 10.4 Å². The van der Waals surface area contributed by atoms with Crippen molar-refractivity contribution in [1.82, 2.24) is 0 Å². The van der Waals surface area contributed by atoms with E-state index in [1.807, 2.05) is 0 Å². The summed E-state index contributed by atoms with van der Waals surface area (Å²) in [5.74, 6) is 0.440. The molecule has 0 unspecified atom stereocenters. The van der Waals surface area contributed by atoms with E-state index in [4.69, 9.17) is 0 Å². The Morgan fingerprint density at radius 2 is 1.32 bits per heavy atom. The number of unbranched alkanes of at least 4 members (excludes halogenated alkanes) is 8. The van der Waals surface area contributed by atoms with Gasteiger partial charge in [-0.2, -0.15) is 0 Å². The largest absolute Gasteiger partial charge is 0.726 e. The van der Waals surface area contributed by atoms with Crippen LogP contribution in [0.15, 0.2) is 0 Å². The van der Waals surface area contributed by atoms with Gasteiger partial charge in [0.25, 0.3) is 0 Å². The highest BCUT2D eigenvalue weighted by molar-refractivity contribution is 7.80. The number of hydrogen-bond donors (Lipinski definition) is 0. The Morgan fingerprint density at radius 3 is 1.68 bits per heavy atom. The summed E-state index contributed by atoms with van der Waals surface area (Å²) >= 11 is 0. The Bertz CT molecular complexity index is 421. The summed E-state index contributed by atoms with van der Waals surface area (Å²) in [5.41, 5.74) is 0. The van der Waals surface area contributed by atoms with E-state index in [2.05, 4.69) is 32.1 Å². The van der Waals surface area contributed by atoms with Crippen LogP contribution in [-0.2, 0) is 19.4 Å². The van der Waals surface area contributed by atoms with E-state index >= 15 is 0 Å². The molecule has 0 aromatic heterocycles. The summed E-state index contributed by atoms with van der Waals surface area (Å²) in [6.45, 7) is 6.14. The van der Waals surface area contributed by atoms with E-state index in [0.29, 0.717) is 12.3 Å². The van der Waals surface area contributed by atoms with E-state index in [-0.39, 0.29) is 0 Å². The third-order valence-corrected chi connectivity index (χ3v) is 4.63. The fourth-order valence-electron chi connectivity index (χ4n) is 2.30. The van der Waals surface area contributed by atoms with Gasteiger partial charge in [-0.05, 0) is 13.3 Å². The number of carbonyl (C=O) groups excluding carboxylic acids is 1. The van der Waals surface area contributed by atoms with Gasteiger partial charge in [0.15, 0.2) is 5.78 Å². The number of rotatable bonds is 14. The highest BCUT2D eigenvalue weighted by Crippen LogP contribution is 2.11. The monoisotopic (exact) mass is 381 g/mol. The van der Waals surface area contributed by atoms with E-state index in [1.54, 1.807) is 0 Å². The minimum Gasteiger partial charge on any atom is -0.726 e. The van der Waals surface area contributed by atoms with Crippen molar-refractivity contribution in [2.75, 3.05) is 34.3 Å². The highest BCUT2D eigenvalue weighted by Gasteiger charge is 2.16. The molecule has 0 radical (unpaired) electrons. The summed E-state index contributed by atoms with van der Waals surface area (Å²) in [4.78, 5) is 11.8. The summed E-state index contributed by atoms with van der Waals surface area (Å²) < 4.78 is 31.9. The van der Waals surface area contributed by atoms with Crippen LogP contribution < -0.4 is 0 Å². The lowest BCUT2D eigenvalue weighted by Crippen LogP contribution is -2.43. The molecule has 0 saturated heterocycles. The van der Waals surface area contributed by atoms with Crippen LogP contribution in [0.4, 0.5) is 0 Å². The zero-order chi connectivity index (χ0) is 19.8. The maximum atomic E-state index is 11.8. The normalized spacial score (nSPS) is 11.8. The Morgan fingerprint density at radius 1 is 0.920 bits per heavy atom. The molecule has 0 bridgehead atoms. The lowest BCUT2D eigenvalue weighted by atomic mass is 10.1. The van der Waals surface area contributed by atoms with Crippen LogP contribution in [0, 0.1) is 0 Å². The van der Waals surface area contributed by atoms with E-state index in [0.717, 1.165) is 31.0 Å². The first-order valence-corrected chi connectivity index (χ1v) is 10.8. The molecule has 0 aromatic rings. The van der Waals surface area contributed by atoms with Crippen LogP contribution in [0.1, 0.15) is 78.1 Å². The van der Waals surface area contributed by atoms with Crippen LogP contribution in [-0.4, -0.2) is 57.5 Å². The number of likely N-dealkylation sites (N-methyl/N-ethyl adjacent to an activating group) is 1. The van der Waals surface area contributed by atoms with Crippen molar-refractivity contribution in [3.05, 3.63) is 0 Å². The fourth-order valence-corrected chi connectivity index (χ4v) is 2.30. The quantitative estimate of drug-likeness (QED) is 0.198. The number of carbonyl (C=O) groups is 1. The van der Waals surface area contributed by atoms with Crippen molar-refractivity contribution in [1.29, 1.82) is 0 Å². The maximum absolute atomic E-state index is 11.8. The number of quaternary nitrogens is 1. The molecule has 152 valence electrons. The van der Waals surface area contributed by atoms with Crippen molar-refractivity contribution in [2.24, 2.45) is 0 Å². The Balaban J connectivity index is 0. The van der Waals surface area contributed by atoms with Crippen molar-refractivity contribution >= 4 is 16.2 Å². The molecule has 0 aliphatic rings. The second-order valence-corrected chi connectivity index (χ2v) is 8.25. The third-order valence-electron chi connectivity index (χ3n) is 4.22. The van der Waals surface area contributed by atoms with Gasteiger partial charge in [-0.15, -0.1) is 0 Å². The Kier molecular flexibility index (Phi) is 16.8. The van der Waals surface area contributed by atoms with Crippen molar-refractivity contribution < 1.29 is 26.4 Å². The minimum absolute atomic E-state index is 0.440. The highest BCUT2D eigenvalue weighted by atomic mass is 32.3. The SMILES string of the molecule is CCCCCCCCCCCC(=O)C[N+](C)(C)CC.COS(=O)(=O)[O-]. The molecule has 25 heavy (non-hydrogen) atoms. The van der Waals surface area contributed by atoms with Crippen molar-refractivity contribution in [2.45, 2.75) is 78.1 Å². The van der Waals surface area contributed by atoms with Gasteiger partial charge in [0, 0.05) is 6.42 Å². The van der Waals surface area contributed by atoms with Gasteiger partial charge >= 0.3 is 0 Å². The number of ketones is 1. The lowest BCUT2D eigenvalue weighted by Gasteiger charge is -2.27.